The lowest BCUT2D eigenvalue weighted by molar-refractivity contribution is 0.282. The molecule has 0 saturated heterocycles. The van der Waals surface area contributed by atoms with E-state index in [2.05, 4.69) is 15.0 Å². The number of aliphatic hydroxyl groups excluding tert-OH is 1. The molecule has 0 aliphatic carbocycles. The van der Waals surface area contributed by atoms with Crippen molar-refractivity contribution in [2.75, 3.05) is 0 Å². The molecule has 6 nitrogen and oxygen atoms in total. The minimum absolute atomic E-state index is 0.110. The topological polar surface area (TPSA) is 103 Å². The van der Waals surface area contributed by atoms with Crippen molar-refractivity contribution in [3.63, 3.8) is 0 Å². The van der Waals surface area contributed by atoms with Crippen LogP contribution >= 0.6 is 11.3 Å². The number of pyridine rings is 1. The van der Waals surface area contributed by atoms with E-state index in [0.717, 1.165) is 0 Å². The summed E-state index contributed by atoms with van der Waals surface area (Å²) in [5.41, 5.74) is 1.49. The maximum atomic E-state index is 9.97. The van der Waals surface area contributed by atoms with Gasteiger partial charge in [-0.25, -0.2) is 4.98 Å². The van der Waals surface area contributed by atoms with Crippen molar-refractivity contribution < 1.29 is 10.2 Å². The number of aliphatic hydroxyl groups is 1. The molecule has 0 spiro atoms. The van der Waals surface area contributed by atoms with Gasteiger partial charge in [-0.05, 0) is 17.7 Å². The molecular weight excluding hydrogens is 276 g/mol. The third-order valence-corrected chi connectivity index (χ3v) is 3.64. The summed E-state index contributed by atoms with van der Waals surface area (Å²) in [6.45, 7) is -0.110. The molecule has 3 aromatic heterocycles. The molecule has 0 aliphatic heterocycles. The fourth-order valence-electron chi connectivity index (χ4n) is 1.82. The van der Waals surface area contributed by atoms with Gasteiger partial charge in [0.15, 0.2) is 5.82 Å². The van der Waals surface area contributed by atoms with Crippen LogP contribution in [0.3, 0.4) is 0 Å². The molecule has 20 heavy (non-hydrogen) atoms. The maximum Gasteiger partial charge on any atom is 0.224 e. The van der Waals surface area contributed by atoms with Crippen molar-refractivity contribution in [2.45, 2.75) is 6.61 Å². The van der Waals surface area contributed by atoms with Crippen LogP contribution in [0.2, 0.25) is 0 Å². The second-order valence-electron chi connectivity index (χ2n) is 4.02. The number of hydrogen-bond acceptors (Lipinski definition) is 7. The molecule has 0 aliphatic rings. The van der Waals surface area contributed by atoms with Gasteiger partial charge in [-0.15, -0.1) is 11.3 Å². The lowest BCUT2D eigenvalue weighted by atomic mass is 10.2. The molecule has 0 bridgehead atoms. The van der Waals surface area contributed by atoms with Crippen molar-refractivity contribution in [3.8, 4) is 23.5 Å². The summed E-state index contributed by atoms with van der Waals surface area (Å²) in [5.74, 6) is 0.0237. The van der Waals surface area contributed by atoms with Crippen LogP contribution in [0.4, 0.5) is 0 Å². The fourth-order valence-corrected chi connectivity index (χ4v) is 2.67. The third-order valence-electron chi connectivity index (χ3n) is 2.77. The van der Waals surface area contributed by atoms with E-state index in [4.69, 9.17) is 10.4 Å². The number of thiophene rings is 1. The van der Waals surface area contributed by atoms with Crippen LogP contribution in [0.1, 0.15) is 11.1 Å². The van der Waals surface area contributed by atoms with Gasteiger partial charge in [-0.3, -0.25) is 4.98 Å². The number of hydrogen-bond donors (Lipinski definition) is 2. The Hall–Kier alpha value is -2.56. The monoisotopic (exact) mass is 284 g/mol. The van der Waals surface area contributed by atoms with E-state index in [9.17, 15) is 5.11 Å². The molecule has 98 valence electrons. The molecule has 0 fully saturated rings. The molecular formula is C13H8N4O2S. The predicted octanol–water partition coefficient (Wildman–Crippen LogP) is 1.82. The fraction of sp³-hybridized carbons (Fsp3) is 0.0769. The van der Waals surface area contributed by atoms with E-state index >= 15 is 0 Å². The largest absolute Gasteiger partial charge is 0.493 e. The van der Waals surface area contributed by atoms with E-state index in [-0.39, 0.29) is 18.3 Å². The maximum absolute atomic E-state index is 9.97. The van der Waals surface area contributed by atoms with Gasteiger partial charge in [-0.1, -0.05) is 0 Å². The van der Waals surface area contributed by atoms with Crippen LogP contribution in [0.15, 0.2) is 23.7 Å². The smallest absolute Gasteiger partial charge is 0.224 e. The highest BCUT2D eigenvalue weighted by atomic mass is 32.1. The Morgan fingerprint density at radius 2 is 2.20 bits per heavy atom. The van der Waals surface area contributed by atoms with Crippen LogP contribution in [-0.2, 0) is 6.61 Å². The molecule has 0 aromatic carbocycles. The quantitative estimate of drug-likeness (QED) is 0.744. The minimum atomic E-state index is -0.237. The van der Waals surface area contributed by atoms with Crippen molar-refractivity contribution in [3.05, 3.63) is 34.8 Å². The average molecular weight is 284 g/mol. The first-order valence-corrected chi connectivity index (χ1v) is 6.55. The van der Waals surface area contributed by atoms with Crippen LogP contribution in [0.5, 0.6) is 5.88 Å². The van der Waals surface area contributed by atoms with E-state index in [1.165, 1.54) is 11.3 Å². The van der Waals surface area contributed by atoms with Gasteiger partial charge in [-0.2, -0.15) is 10.2 Å². The summed E-state index contributed by atoms with van der Waals surface area (Å²) in [7, 11) is 0. The first kappa shape index (κ1) is 12.5. The number of aromatic hydroxyl groups is 1. The first-order chi connectivity index (χ1) is 9.72. The Kier molecular flexibility index (Phi) is 3.02. The lowest BCUT2D eigenvalue weighted by Gasteiger charge is -2.03. The molecule has 0 atom stereocenters. The zero-order valence-electron chi connectivity index (χ0n) is 10.1. The molecule has 0 saturated carbocycles. The predicted molar refractivity (Wildman–Crippen MR) is 72.9 cm³/mol. The number of rotatable bonds is 2. The van der Waals surface area contributed by atoms with Gasteiger partial charge < -0.3 is 10.2 Å². The molecule has 3 aromatic rings. The summed E-state index contributed by atoms with van der Waals surface area (Å²) in [6.07, 6.45) is 1.54. The average Bonchev–Trinajstić information content (AvgIpc) is 2.91. The van der Waals surface area contributed by atoms with E-state index < -0.39 is 0 Å². The van der Waals surface area contributed by atoms with E-state index in [1.807, 2.05) is 6.07 Å². The zero-order valence-corrected chi connectivity index (χ0v) is 10.9. The number of nitrogens with zero attached hydrogens (tertiary/aromatic N) is 4. The Labute approximate surface area is 117 Å². The Balaban J connectivity index is 2.20. The highest BCUT2D eigenvalue weighted by Crippen LogP contribution is 2.32. The molecule has 0 amide bonds. The van der Waals surface area contributed by atoms with Gasteiger partial charge in [0.1, 0.15) is 16.6 Å². The summed E-state index contributed by atoms with van der Waals surface area (Å²) in [4.78, 5) is 12.9. The minimum Gasteiger partial charge on any atom is -0.493 e. The standard InChI is InChI=1S/C13H8N4O2S/c14-4-8-6-20-13-10(8)12(19)16-11(17-13)9-3-7(5-18)1-2-15-9/h1-3,6,18H,5H2,(H,16,17,19). The van der Waals surface area contributed by atoms with Crippen LogP contribution < -0.4 is 0 Å². The van der Waals surface area contributed by atoms with E-state index in [1.54, 1.807) is 23.7 Å². The third kappa shape index (κ3) is 1.97. The van der Waals surface area contributed by atoms with Crippen LogP contribution in [-0.4, -0.2) is 25.2 Å². The normalized spacial score (nSPS) is 10.6. The molecule has 2 N–H and O–H groups in total. The molecule has 0 radical (unpaired) electrons. The number of fused-ring (bicyclic) bond motifs is 1. The highest BCUT2D eigenvalue weighted by molar-refractivity contribution is 7.17. The highest BCUT2D eigenvalue weighted by Gasteiger charge is 2.15. The van der Waals surface area contributed by atoms with Crippen LogP contribution in [0.25, 0.3) is 21.7 Å². The lowest BCUT2D eigenvalue weighted by Crippen LogP contribution is -1.94. The zero-order chi connectivity index (χ0) is 14.1. The number of nitriles is 1. The van der Waals surface area contributed by atoms with Gasteiger partial charge in [0.2, 0.25) is 5.88 Å². The first-order valence-electron chi connectivity index (χ1n) is 5.67. The van der Waals surface area contributed by atoms with Crippen molar-refractivity contribution >= 4 is 21.6 Å². The number of aromatic nitrogens is 3. The van der Waals surface area contributed by atoms with Crippen molar-refractivity contribution in [2.24, 2.45) is 0 Å². The second kappa shape index (κ2) is 4.85. The van der Waals surface area contributed by atoms with Gasteiger partial charge in [0.25, 0.3) is 0 Å². The summed E-state index contributed by atoms with van der Waals surface area (Å²) in [6, 6.07) is 5.32. The van der Waals surface area contributed by atoms with Gasteiger partial charge in [0, 0.05) is 11.6 Å². The Morgan fingerprint density at radius 3 is 2.95 bits per heavy atom. The SMILES string of the molecule is N#Cc1csc2nc(-c3cc(CO)ccn3)nc(O)c12. The molecule has 3 rings (SSSR count). The molecule has 0 unspecified atom stereocenters. The van der Waals surface area contributed by atoms with Crippen LogP contribution in [0, 0.1) is 11.3 Å². The summed E-state index contributed by atoms with van der Waals surface area (Å²) >= 11 is 1.26. The van der Waals surface area contributed by atoms with Crippen molar-refractivity contribution in [1.29, 1.82) is 5.26 Å². The summed E-state index contributed by atoms with van der Waals surface area (Å²) < 4.78 is 0. The van der Waals surface area contributed by atoms with E-state index in [0.29, 0.717) is 27.0 Å². The summed E-state index contributed by atoms with van der Waals surface area (Å²) in [5, 5.41) is 30.0. The Morgan fingerprint density at radius 1 is 1.35 bits per heavy atom. The van der Waals surface area contributed by atoms with Gasteiger partial charge >= 0.3 is 0 Å². The second-order valence-corrected chi connectivity index (χ2v) is 4.88. The van der Waals surface area contributed by atoms with Gasteiger partial charge in [0.05, 0.1) is 17.6 Å². The molecule has 7 heteroatoms. The van der Waals surface area contributed by atoms with Crippen molar-refractivity contribution in [1.82, 2.24) is 15.0 Å². The molecule has 3 heterocycles. The Bertz CT molecular complexity index is 838.